The molecule has 1 aromatic carbocycles. The fourth-order valence-electron chi connectivity index (χ4n) is 0.982. The van der Waals surface area contributed by atoms with Gasteiger partial charge in [-0.3, -0.25) is 0 Å². The molecule has 0 bridgehead atoms. The van der Waals surface area contributed by atoms with E-state index >= 15 is 0 Å². The molecule has 58 valence electrons. The Bertz CT molecular complexity index is 467. The predicted molar refractivity (Wildman–Crippen MR) is 40.4 cm³/mol. The lowest BCUT2D eigenvalue weighted by atomic mass is 10.2. The first kappa shape index (κ1) is 6.68. The molecule has 12 heavy (non-hydrogen) atoms. The van der Waals surface area contributed by atoms with Gasteiger partial charge in [-0.15, -0.1) is 0 Å². The number of phenols is 1. The molecule has 0 atom stereocenters. The monoisotopic (exact) mass is 160 g/mol. The number of nitrogens with zero attached hydrogens (tertiary/aromatic N) is 2. The minimum Gasteiger partial charge on any atom is -0.506 e. The lowest BCUT2D eigenvalue weighted by Crippen LogP contribution is -1.76. The molecule has 4 nitrogen and oxygen atoms in total. The fraction of sp³-hybridized carbons (Fsp3) is 0. The Balaban J connectivity index is 2.84. The smallest absolute Gasteiger partial charge is 0.181 e. The number of aromatic nitrogens is 1. The van der Waals surface area contributed by atoms with E-state index in [1.54, 1.807) is 0 Å². The third-order valence-electron chi connectivity index (χ3n) is 1.57. The SMILES string of the molecule is N#Cc1cc2ncoc2cc1O. The number of hydrogen-bond donors (Lipinski definition) is 1. The highest BCUT2D eigenvalue weighted by molar-refractivity contribution is 5.76. The van der Waals surface area contributed by atoms with Crippen LogP contribution >= 0.6 is 0 Å². The van der Waals surface area contributed by atoms with Gasteiger partial charge in [0.1, 0.15) is 17.3 Å². The van der Waals surface area contributed by atoms with Crippen LogP contribution < -0.4 is 0 Å². The summed E-state index contributed by atoms with van der Waals surface area (Å²) < 4.78 is 4.92. The molecule has 2 aromatic rings. The van der Waals surface area contributed by atoms with Crippen LogP contribution in [0.25, 0.3) is 11.1 Å². The van der Waals surface area contributed by atoms with E-state index < -0.39 is 0 Å². The van der Waals surface area contributed by atoms with Gasteiger partial charge in [-0.1, -0.05) is 0 Å². The van der Waals surface area contributed by atoms with Crippen LogP contribution in [0.3, 0.4) is 0 Å². The van der Waals surface area contributed by atoms with Crippen molar-refractivity contribution in [3.8, 4) is 11.8 Å². The third-order valence-corrected chi connectivity index (χ3v) is 1.57. The standard InChI is InChI=1S/C8H4N2O2/c9-3-5-1-6-8(2-7(5)11)12-4-10-6/h1-2,4,11H. The Kier molecular flexibility index (Phi) is 1.25. The van der Waals surface area contributed by atoms with Gasteiger partial charge in [0.2, 0.25) is 0 Å². The Morgan fingerprint density at radius 3 is 3.08 bits per heavy atom. The summed E-state index contributed by atoms with van der Waals surface area (Å²) in [5.74, 6) is -0.0817. The molecule has 2 rings (SSSR count). The van der Waals surface area contributed by atoms with Gasteiger partial charge < -0.3 is 9.52 Å². The summed E-state index contributed by atoms with van der Waals surface area (Å²) in [6, 6.07) is 4.70. The summed E-state index contributed by atoms with van der Waals surface area (Å²) in [7, 11) is 0. The van der Waals surface area contributed by atoms with Gasteiger partial charge >= 0.3 is 0 Å². The molecule has 4 heteroatoms. The molecule has 0 saturated carbocycles. The van der Waals surface area contributed by atoms with Crippen LogP contribution in [-0.4, -0.2) is 10.1 Å². The van der Waals surface area contributed by atoms with E-state index in [0.29, 0.717) is 11.1 Å². The van der Waals surface area contributed by atoms with Gasteiger partial charge in [0.25, 0.3) is 0 Å². The molecule has 0 aliphatic carbocycles. The minimum atomic E-state index is -0.0817. The van der Waals surface area contributed by atoms with Crippen molar-refractivity contribution in [3.63, 3.8) is 0 Å². The zero-order chi connectivity index (χ0) is 8.55. The third kappa shape index (κ3) is 0.805. The molecule has 0 radical (unpaired) electrons. The first-order valence-corrected chi connectivity index (χ1v) is 3.27. The quantitative estimate of drug-likeness (QED) is 0.632. The zero-order valence-corrected chi connectivity index (χ0v) is 5.98. The number of aromatic hydroxyl groups is 1. The average Bonchev–Trinajstić information content (AvgIpc) is 2.49. The van der Waals surface area contributed by atoms with Crippen LogP contribution in [0.4, 0.5) is 0 Å². The highest BCUT2D eigenvalue weighted by atomic mass is 16.3. The van der Waals surface area contributed by atoms with Crippen LogP contribution in [-0.2, 0) is 0 Å². The van der Waals surface area contributed by atoms with Gasteiger partial charge in [0, 0.05) is 6.07 Å². The second-order valence-electron chi connectivity index (χ2n) is 2.30. The normalized spacial score (nSPS) is 9.92. The fourth-order valence-corrected chi connectivity index (χ4v) is 0.982. The Morgan fingerprint density at radius 2 is 2.33 bits per heavy atom. The molecule has 1 heterocycles. The van der Waals surface area contributed by atoms with Gasteiger partial charge in [-0.2, -0.15) is 5.26 Å². The zero-order valence-electron chi connectivity index (χ0n) is 5.98. The lowest BCUT2D eigenvalue weighted by Gasteiger charge is -1.92. The van der Waals surface area contributed by atoms with Crippen molar-refractivity contribution in [3.05, 3.63) is 24.1 Å². The summed E-state index contributed by atoms with van der Waals surface area (Å²) in [5.41, 5.74) is 1.26. The number of phenolic OH excluding ortho intramolecular Hbond substituents is 1. The van der Waals surface area contributed by atoms with Crippen molar-refractivity contribution < 1.29 is 9.52 Å². The van der Waals surface area contributed by atoms with Gasteiger partial charge in [-0.25, -0.2) is 4.98 Å². The lowest BCUT2D eigenvalue weighted by molar-refractivity contribution is 0.472. The van der Waals surface area contributed by atoms with E-state index in [1.807, 2.05) is 6.07 Å². The number of oxazole rings is 1. The average molecular weight is 160 g/mol. The molecule has 0 unspecified atom stereocenters. The molecule has 0 aliphatic rings. The Morgan fingerprint density at radius 1 is 1.50 bits per heavy atom. The van der Waals surface area contributed by atoms with Gasteiger partial charge in [-0.05, 0) is 6.07 Å². The second-order valence-corrected chi connectivity index (χ2v) is 2.30. The van der Waals surface area contributed by atoms with Crippen LogP contribution in [0.15, 0.2) is 22.9 Å². The summed E-state index contributed by atoms with van der Waals surface area (Å²) >= 11 is 0. The molecule has 0 amide bonds. The van der Waals surface area contributed by atoms with Crippen LogP contribution in [0.2, 0.25) is 0 Å². The van der Waals surface area contributed by atoms with Crippen molar-refractivity contribution in [1.29, 1.82) is 5.26 Å². The highest BCUT2D eigenvalue weighted by Crippen LogP contribution is 2.22. The van der Waals surface area contributed by atoms with Crippen molar-refractivity contribution in [2.24, 2.45) is 0 Å². The van der Waals surface area contributed by atoms with Crippen molar-refractivity contribution >= 4 is 11.1 Å². The van der Waals surface area contributed by atoms with Crippen molar-refractivity contribution in [2.45, 2.75) is 0 Å². The molecule has 0 fully saturated rings. The molecule has 0 spiro atoms. The molecular formula is C8H4N2O2. The number of nitriles is 1. The summed E-state index contributed by atoms with van der Waals surface area (Å²) in [4.78, 5) is 3.84. The first-order chi connectivity index (χ1) is 5.81. The van der Waals surface area contributed by atoms with Crippen LogP contribution in [0.5, 0.6) is 5.75 Å². The summed E-state index contributed by atoms with van der Waals surface area (Å²) in [5, 5.41) is 17.8. The Hall–Kier alpha value is -2.02. The van der Waals surface area contributed by atoms with E-state index in [2.05, 4.69) is 4.98 Å². The predicted octanol–water partition coefficient (Wildman–Crippen LogP) is 1.41. The molecular weight excluding hydrogens is 156 g/mol. The maximum atomic E-state index is 9.22. The van der Waals surface area contributed by atoms with Crippen molar-refractivity contribution in [1.82, 2.24) is 4.98 Å². The topological polar surface area (TPSA) is 70.0 Å². The molecule has 0 aliphatic heterocycles. The van der Waals surface area contributed by atoms with Gasteiger partial charge in [0.05, 0.1) is 5.56 Å². The van der Waals surface area contributed by atoms with E-state index in [0.717, 1.165) is 0 Å². The van der Waals surface area contributed by atoms with E-state index in [1.165, 1.54) is 18.5 Å². The van der Waals surface area contributed by atoms with Crippen LogP contribution in [0.1, 0.15) is 5.56 Å². The maximum Gasteiger partial charge on any atom is 0.181 e. The van der Waals surface area contributed by atoms with Crippen molar-refractivity contribution in [2.75, 3.05) is 0 Å². The van der Waals surface area contributed by atoms with E-state index in [9.17, 15) is 5.11 Å². The maximum absolute atomic E-state index is 9.22. The van der Waals surface area contributed by atoms with E-state index in [4.69, 9.17) is 9.68 Å². The van der Waals surface area contributed by atoms with Gasteiger partial charge in [0.15, 0.2) is 12.0 Å². The number of rotatable bonds is 0. The highest BCUT2D eigenvalue weighted by Gasteiger charge is 2.05. The van der Waals surface area contributed by atoms with Crippen LogP contribution in [0, 0.1) is 11.3 Å². The number of fused-ring (bicyclic) bond motifs is 1. The number of hydrogen-bond acceptors (Lipinski definition) is 4. The minimum absolute atomic E-state index is 0.0817. The molecule has 1 aromatic heterocycles. The first-order valence-electron chi connectivity index (χ1n) is 3.27. The molecule has 1 N–H and O–H groups in total. The summed E-state index contributed by atoms with van der Waals surface area (Å²) in [6.45, 7) is 0. The molecule has 0 saturated heterocycles. The number of benzene rings is 1. The summed E-state index contributed by atoms with van der Waals surface area (Å²) in [6.07, 6.45) is 1.27. The Labute approximate surface area is 67.7 Å². The second kappa shape index (κ2) is 2.24. The van der Waals surface area contributed by atoms with E-state index in [-0.39, 0.29) is 11.3 Å². The largest absolute Gasteiger partial charge is 0.506 e.